The topological polar surface area (TPSA) is 232 Å². The molecule has 2 heterocycles. The molecule has 284 valence electrons. The summed E-state index contributed by atoms with van der Waals surface area (Å²) in [5, 5.41) is 27.5. The first-order chi connectivity index (χ1) is 25.6. The Morgan fingerprint density at radius 2 is 1.74 bits per heavy atom. The second-order valence-electron chi connectivity index (χ2n) is 13.8. The van der Waals surface area contributed by atoms with Gasteiger partial charge in [-0.3, -0.25) is 9.59 Å². The molecule has 2 unspecified atom stereocenters. The number of nitrogens with two attached hydrogens (primary N) is 1. The van der Waals surface area contributed by atoms with Crippen molar-refractivity contribution >= 4 is 56.9 Å². The standard InChI is InChI=1S/C36H48N10O5S2/c37-45-25(20-39-16-5-17-40-31(47)13-4-12-30-34-29(21-52-30)42-35(49)44-34)14-15-32(48)41-24-8-3-9-26(19-24)53(38,51)46-36(50)43-33-27-10-1-6-22(27)18-23-7-2-11-28(23)33/h3,8-9,18-20,29-30,34,37,39H,1-2,4-7,10-17,21H2,(H,40,47)(H,41,48)(H2,42,44,49)(H3,38,43,46,50,51)/b25-20-,45-37?/t29-,30?,34-,53?/m0/s1. The van der Waals surface area contributed by atoms with Gasteiger partial charge < -0.3 is 31.9 Å². The molecule has 2 fully saturated rings. The normalized spacial score (nSPS) is 21.0. The number of allylic oxidation sites excluding steroid dienone is 1. The average molecular weight is 765 g/mol. The minimum absolute atomic E-state index is 0.00551. The SMILES string of the molecule is N=N/C(=C\NCCCNC(=O)CCCC1SC[C@@H]2NC(=O)N[C@H]12)CCC(=O)Nc1cccc(S(N)(=O)=NC(=O)Nc2c3c(cc4c2CCC4)CCC3)c1. The van der Waals surface area contributed by atoms with Crippen LogP contribution in [0.15, 0.2) is 56.6 Å². The molecule has 2 saturated heterocycles. The number of carbonyl (C=O) groups excluding carboxylic acids is 4. The van der Waals surface area contributed by atoms with E-state index in [1.54, 1.807) is 18.3 Å². The number of fused-ring (bicyclic) bond motifs is 3. The van der Waals surface area contributed by atoms with Crippen LogP contribution in [0.5, 0.6) is 0 Å². The minimum atomic E-state index is -3.61. The van der Waals surface area contributed by atoms with Crippen molar-refractivity contribution in [3.05, 3.63) is 64.5 Å². The first-order valence-electron chi connectivity index (χ1n) is 18.3. The molecule has 6 rings (SSSR count). The summed E-state index contributed by atoms with van der Waals surface area (Å²) in [5.41, 5.74) is 13.8. The van der Waals surface area contributed by atoms with Crippen molar-refractivity contribution in [2.24, 2.45) is 14.6 Å². The third-order valence-corrected chi connectivity index (χ3v) is 12.9. The summed E-state index contributed by atoms with van der Waals surface area (Å²) < 4.78 is 17.3. The number of hydrogen-bond donors (Lipinski definition) is 8. The summed E-state index contributed by atoms with van der Waals surface area (Å²) in [4.78, 5) is 49.6. The fourth-order valence-corrected chi connectivity index (χ4v) is 9.97. The Balaban J connectivity index is 0.898. The Bertz CT molecular complexity index is 1880. The van der Waals surface area contributed by atoms with E-state index in [4.69, 9.17) is 10.7 Å². The lowest BCUT2D eigenvalue weighted by Crippen LogP contribution is -2.37. The number of nitrogens with one attached hydrogen (secondary N) is 7. The van der Waals surface area contributed by atoms with Crippen molar-refractivity contribution in [3.8, 4) is 0 Å². The van der Waals surface area contributed by atoms with E-state index in [0.717, 1.165) is 73.9 Å². The zero-order valence-corrected chi connectivity index (χ0v) is 31.3. The van der Waals surface area contributed by atoms with Gasteiger partial charge in [-0.1, -0.05) is 12.1 Å². The number of benzene rings is 2. The van der Waals surface area contributed by atoms with E-state index in [1.807, 2.05) is 11.8 Å². The number of anilines is 2. The molecule has 0 spiro atoms. The lowest BCUT2D eigenvalue weighted by Gasteiger charge is -2.16. The maximum atomic E-state index is 13.4. The maximum Gasteiger partial charge on any atom is 0.354 e. The average Bonchev–Trinajstić information content (AvgIpc) is 3.93. The van der Waals surface area contributed by atoms with Crippen LogP contribution in [0.4, 0.5) is 21.0 Å². The summed E-state index contributed by atoms with van der Waals surface area (Å²) in [6.07, 6.45) is 10.4. The summed E-state index contributed by atoms with van der Waals surface area (Å²) in [6, 6.07) is 7.87. The Labute approximate surface area is 314 Å². The van der Waals surface area contributed by atoms with E-state index in [0.29, 0.717) is 42.6 Å². The Kier molecular flexibility index (Phi) is 12.7. The minimum Gasteiger partial charge on any atom is -0.389 e. The fourth-order valence-electron chi connectivity index (χ4n) is 7.46. The predicted octanol–water partition coefficient (Wildman–Crippen LogP) is 4.62. The number of urea groups is 2. The van der Waals surface area contributed by atoms with Crippen molar-refractivity contribution in [1.29, 1.82) is 5.53 Å². The van der Waals surface area contributed by atoms with Gasteiger partial charge in [0, 0.05) is 60.9 Å². The van der Waals surface area contributed by atoms with Gasteiger partial charge in [-0.15, -0.1) is 4.36 Å². The summed E-state index contributed by atoms with van der Waals surface area (Å²) in [6.45, 7) is 1.05. The number of hydrogen-bond acceptors (Lipinski definition) is 9. The zero-order chi connectivity index (χ0) is 37.4. The van der Waals surface area contributed by atoms with Gasteiger partial charge >= 0.3 is 12.1 Å². The van der Waals surface area contributed by atoms with Crippen molar-refractivity contribution in [3.63, 3.8) is 0 Å². The third-order valence-electron chi connectivity index (χ3n) is 10.1. The smallest absolute Gasteiger partial charge is 0.354 e. The van der Waals surface area contributed by atoms with Crippen LogP contribution in [0.25, 0.3) is 0 Å². The highest BCUT2D eigenvalue weighted by Gasteiger charge is 2.42. The van der Waals surface area contributed by atoms with Crippen molar-refractivity contribution in [2.45, 2.75) is 99.3 Å². The highest BCUT2D eigenvalue weighted by atomic mass is 32.2. The van der Waals surface area contributed by atoms with E-state index in [1.165, 1.54) is 23.3 Å². The van der Waals surface area contributed by atoms with Crippen molar-refractivity contribution < 1.29 is 23.4 Å². The molecule has 0 saturated carbocycles. The van der Waals surface area contributed by atoms with E-state index >= 15 is 0 Å². The highest BCUT2D eigenvalue weighted by molar-refractivity contribution is 8.00. The molecule has 53 heavy (non-hydrogen) atoms. The van der Waals surface area contributed by atoms with Gasteiger partial charge in [0.2, 0.25) is 11.8 Å². The monoisotopic (exact) mass is 764 g/mol. The van der Waals surface area contributed by atoms with E-state index in [-0.39, 0.29) is 47.7 Å². The number of aryl methyl sites for hydroxylation is 2. The number of amides is 6. The molecule has 17 heteroatoms. The quantitative estimate of drug-likeness (QED) is 0.0686. The van der Waals surface area contributed by atoms with Crippen LogP contribution in [0, 0.1) is 5.53 Å². The van der Waals surface area contributed by atoms with Gasteiger partial charge in [0.1, 0.15) is 9.92 Å². The molecule has 0 aromatic heterocycles. The van der Waals surface area contributed by atoms with Crippen molar-refractivity contribution in [2.75, 3.05) is 29.5 Å². The number of nitrogens with zero attached hydrogens (tertiary/aromatic N) is 2. The molecular weight excluding hydrogens is 717 g/mol. The zero-order valence-electron chi connectivity index (χ0n) is 29.6. The van der Waals surface area contributed by atoms with Crippen molar-refractivity contribution in [1.82, 2.24) is 21.3 Å². The molecule has 0 bridgehead atoms. The predicted molar refractivity (Wildman–Crippen MR) is 205 cm³/mol. The Hall–Kier alpha value is -4.48. The molecule has 0 radical (unpaired) electrons. The number of rotatable bonds is 16. The molecule has 15 nitrogen and oxygen atoms in total. The van der Waals surface area contributed by atoms with Crippen LogP contribution in [0.3, 0.4) is 0 Å². The molecule has 2 aromatic rings. The lowest BCUT2D eigenvalue weighted by atomic mass is 9.99. The van der Waals surface area contributed by atoms with Crippen LogP contribution < -0.4 is 37.0 Å². The van der Waals surface area contributed by atoms with E-state index in [2.05, 4.69) is 47.4 Å². The maximum absolute atomic E-state index is 13.4. The molecule has 9 N–H and O–H groups in total. The van der Waals surface area contributed by atoms with Gasteiger partial charge in [0.25, 0.3) is 0 Å². The molecule has 2 aliphatic heterocycles. The van der Waals surface area contributed by atoms with Gasteiger partial charge in [-0.25, -0.2) is 24.5 Å². The molecule has 2 aromatic carbocycles. The molecule has 4 aliphatic rings. The van der Waals surface area contributed by atoms with Crippen LogP contribution in [-0.4, -0.2) is 64.3 Å². The summed E-state index contributed by atoms with van der Waals surface area (Å²) in [7, 11) is -3.61. The second-order valence-corrected chi connectivity index (χ2v) is 16.9. The second kappa shape index (κ2) is 17.6. The largest absolute Gasteiger partial charge is 0.389 e. The Morgan fingerprint density at radius 1 is 0.962 bits per heavy atom. The molecule has 4 atom stereocenters. The number of carbonyl (C=O) groups is 4. The third kappa shape index (κ3) is 9.94. The first-order valence-corrected chi connectivity index (χ1v) is 20.9. The molecular formula is C36H48N10O5S2. The first kappa shape index (κ1) is 38.3. The van der Waals surface area contributed by atoms with Crippen LogP contribution in [0.1, 0.15) is 73.6 Å². The van der Waals surface area contributed by atoms with E-state index < -0.39 is 15.9 Å². The Morgan fingerprint density at radius 3 is 2.49 bits per heavy atom. The van der Waals surface area contributed by atoms with Crippen LogP contribution in [0.2, 0.25) is 0 Å². The van der Waals surface area contributed by atoms with Gasteiger partial charge in [-0.2, -0.15) is 16.9 Å². The van der Waals surface area contributed by atoms with Gasteiger partial charge in [0.15, 0.2) is 0 Å². The summed E-state index contributed by atoms with van der Waals surface area (Å²) in [5.74, 6) is 0.548. The lowest BCUT2D eigenvalue weighted by molar-refractivity contribution is -0.121. The van der Waals surface area contributed by atoms with Gasteiger partial charge in [-0.05, 0) is 98.2 Å². The fraction of sp³-hybridized carbons (Fsp3) is 0.500. The summed E-state index contributed by atoms with van der Waals surface area (Å²) >= 11 is 1.84. The van der Waals surface area contributed by atoms with Crippen LogP contribution >= 0.6 is 11.8 Å². The highest BCUT2D eigenvalue weighted by Crippen LogP contribution is 2.39. The number of thioether (sulfide) groups is 1. The molecule has 6 amide bonds. The van der Waals surface area contributed by atoms with E-state index in [9.17, 15) is 23.4 Å². The molecule has 2 aliphatic carbocycles. The van der Waals surface area contributed by atoms with Crippen LogP contribution in [-0.2, 0) is 45.2 Å². The van der Waals surface area contributed by atoms with Gasteiger partial charge in [0.05, 0.1) is 22.7 Å².